The Morgan fingerprint density at radius 1 is 1.40 bits per heavy atom. The van der Waals surface area contributed by atoms with Gasteiger partial charge in [0.15, 0.2) is 11.5 Å². The minimum atomic E-state index is -0.0453. The molecule has 0 atom stereocenters. The Morgan fingerprint density at radius 2 is 2.05 bits per heavy atom. The number of carbonyl (C=O) groups excluding carboxylic acids is 1. The van der Waals surface area contributed by atoms with Crippen LogP contribution < -0.4 is 5.32 Å². The summed E-state index contributed by atoms with van der Waals surface area (Å²) in [5.41, 5.74) is 2.38. The van der Waals surface area contributed by atoms with E-state index in [1.807, 2.05) is 27.7 Å². The maximum absolute atomic E-state index is 11.9. The first-order valence-corrected chi connectivity index (χ1v) is 6.98. The van der Waals surface area contributed by atoms with Gasteiger partial charge in [0.05, 0.1) is 16.1 Å². The Kier molecular flexibility index (Phi) is 3.99. The SMILES string of the molecule is Cc1nc2c(c(NC(=O)CC(C)C)nn2C)c(C)c1Cl. The number of rotatable bonds is 3. The maximum atomic E-state index is 11.9. The molecule has 0 aliphatic heterocycles. The van der Waals surface area contributed by atoms with Gasteiger partial charge in [-0.3, -0.25) is 4.79 Å². The molecule has 2 aromatic rings. The first-order chi connectivity index (χ1) is 9.31. The van der Waals surface area contributed by atoms with Gasteiger partial charge in [-0.25, -0.2) is 9.67 Å². The van der Waals surface area contributed by atoms with Crippen LogP contribution in [0.1, 0.15) is 31.5 Å². The van der Waals surface area contributed by atoms with E-state index in [-0.39, 0.29) is 5.91 Å². The van der Waals surface area contributed by atoms with Gasteiger partial charge in [-0.15, -0.1) is 0 Å². The number of carbonyl (C=O) groups is 1. The lowest BCUT2D eigenvalue weighted by molar-refractivity contribution is -0.116. The molecule has 20 heavy (non-hydrogen) atoms. The van der Waals surface area contributed by atoms with Crippen molar-refractivity contribution in [2.75, 3.05) is 5.32 Å². The van der Waals surface area contributed by atoms with Crippen LogP contribution in [0.25, 0.3) is 11.0 Å². The summed E-state index contributed by atoms with van der Waals surface area (Å²) in [5, 5.41) is 8.62. The molecule has 0 saturated heterocycles. The normalized spacial score (nSPS) is 11.3. The Hall–Kier alpha value is -1.62. The molecule has 6 heteroatoms. The number of aromatic nitrogens is 3. The van der Waals surface area contributed by atoms with Crippen LogP contribution in [0.2, 0.25) is 5.02 Å². The van der Waals surface area contributed by atoms with E-state index < -0.39 is 0 Å². The van der Waals surface area contributed by atoms with Gasteiger partial charge in [0.2, 0.25) is 5.91 Å². The van der Waals surface area contributed by atoms with Crippen LogP contribution >= 0.6 is 11.6 Å². The predicted octanol–water partition coefficient (Wildman–Crippen LogP) is 3.22. The Labute approximate surface area is 123 Å². The van der Waals surface area contributed by atoms with Crippen LogP contribution in [0.15, 0.2) is 0 Å². The van der Waals surface area contributed by atoms with E-state index in [2.05, 4.69) is 15.4 Å². The van der Waals surface area contributed by atoms with Crippen LogP contribution in [-0.2, 0) is 11.8 Å². The Morgan fingerprint density at radius 3 is 2.65 bits per heavy atom. The van der Waals surface area contributed by atoms with Crippen molar-refractivity contribution < 1.29 is 4.79 Å². The average molecular weight is 295 g/mol. The van der Waals surface area contributed by atoms with E-state index in [9.17, 15) is 4.79 Å². The predicted molar refractivity (Wildman–Crippen MR) is 81.1 cm³/mol. The molecule has 0 aliphatic rings. The van der Waals surface area contributed by atoms with Gasteiger partial charge in [-0.2, -0.15) is 5.10 Å². The molecule has 0 radical (unpaired) electrons. The fourth-order valence-corrected chi connectivity index (χ4v) is 2.36. The minimum Gasteiger partial charge on any atom is -0.309 e. The zero-order chi connectivity index (χ0) is 15.0. The number of fused-ring (bicyclic) bond motifs is 1. The highest BCUT2D eigenvalue weighted by atomic mass is 35.5. The highest BCUT2D eigenvalue weighted by Gasteiger charge is 2.18. The second-order valence-electron chi connectivity index (χ2n) is 5.45. The number of nitrogens with one attached hydrogen (secondary N) is 1. The molecule has 2 rings (SSSR count). The lowest BCUT2D eigenvalue weighted by Gasteiger charge is -2.07. The van der Waals surface area contributed by atoms with Crippen LogP contribution in [0.3, 0.4) is 0 Å². The van der Waals surface area contributed by atoms with E-state index in [1.54, 1.807) is 11.7 Å². The van der Waals surface area contributed by atoms with Gasteiger partial charge in [-0.05, 0) is 25.3 Å². The molecular weight excluding hydrogens is 276 g/mol. The number of pyridine rings is 1. The molecule has 0 unspecified atom stereocenters. The largest absolute Gasteiger partial charge is 0.309 e. The van der Waals surface area contributed by atoms with E-state index in [0.717, 1.165) is 22.3 Å². The summed E-state index contributed by atoms with van der Waals surface area (Å²) in [7, 11) is 1.81. The topological polar surface area (TPSA) is 59.8 Å². The van der Waals surface area contributed by atoms with Crippen molar-refractivity contribution >= 4 is 34.4 Å². The summed E-state index contributed by atoms with van der Waals surface area (Å²) >= 11 is 6.25. The van der Waals surface area contributed by atoms with Crippen LogP contribution in [-0.4, -0.2) is 20.7 Å². The molecule has 0 aromatic carbocycles. The number of nitrogens with zero attached hydrogens (tertiary/aromatic N) is 3. The van der Waals surface area contributed by atoms with E-state index in [1.165, 1.54) is 0 Å². The summed E-state index contributed by atoms with van der Waals surface area (Å²) < 4.78 is 1.66. The molecule has 1 amide bonds. The van der Waals surface area contributed by atoms with Crippen molar-refractivity contribution in [1.82, 2.24) is 14.8 Å². The highest BCUT2D eigenvalue weighted by molar-refractivity contribution is 6.33. The molecule has 5 nitrogen and oxygen atoms in total. The number of hydrogen-bond acceptors (Lipinski definition) is 3. The van der Waals surface area contributed by atoms with Gasteiger partial charge < -0.3 is 5.32 Å². The third kappa shape index (κ3) is 2.63. The molecule has 108 valence electrons. The molecule has 1 N–H and O–H groups in total. The first-order valence-electron chi connectivity index (χ1n) is 6.60. The fourth-order valence-electron chi connectivity index (χ4n) is 2.22. The van der Waals surface area contributed by atoms with Crippen molar-refractivity contribution in [2.45, 2.75) is 34.1 Å². The van der Waals surface area contributed by atoms with E-state index in [0.29, 0.717) is 23.2 Å². The van der Waals surface area contributed by atoms with Gasteiger partial charge in [0, 0.05) is 13.5 Å². The fraction of sp³-hybridized carbons (Fsp3) is 0.500. The summed E-state index contributed by atoms with van der Waals surface area (Å²) in [6, 6.07) is 0. The average Bonchev–Trinajstić information content (AvgIpc) is 2.62. The number of halogens is 1. The molecule has 2 aromatic heterocycles. The summed E-state index contributed by atoms with van der Waals surface area (Å²) in [4.78, 5) is 16.4. The van der Waals surface area contributed by atoms with Crippen molar-refractivity contribution in [3.8, 4) is 0 Å². The summed E-state index contributed by atoms with van der Waals surface area (Å²) in [6.45, 7) is 7.78. The highest BCUT2D eigenvalue weighted by Crippen LogP contribution is 2.31. The minimum absolute atomic E-state index is 0.0453. The number of aryl methyl sites for hydroxylation is 3. The standard InChI is InChI=1S/C14H19ClN4O/c1-7(2)6-10(20)17-13-11-8(3)12(15)9(4)16-14(11)19(5)18-13/h7H,6H2,1-5H3,(H,17,18,20). The first kappa shape index (κ1) is 14.8. The van der Waals surface area contributed by atoms with Crippen LogP contribution in [0.4, 0.5) is 5.82 Å². The van der Waals surface area contributed by atoms with Crippen molar-refractivity contribution in [1.29, 1.82) is 0 Å². The van der Waals surface area contributed by atoms with Gasteiger partial charge in [0.25, 0.3) is 0 Å². The lowest BCUT2D eigenvalue weighted by Crippen LogP contribution is -2.14. The number of amides is 1. The molecule has 0 aliphatic carbocycles. The Bertz CT molecular complexity index is 676. The lowest BCUT2D eigenvalue weighted by atomic mass is 10.1. The quantitative estimate of drug-likeness (QED) is 0.945. The second kappa shape index (κ2) is 5.40. The van der Waals surface area contributed by atoms with Crippen molar-refractivity contribution in [2.24, 2.45) is 13.0 Å². The van der Waals surface area contributed by atoms with Gasteiger partial charge in [0.1, 0.15) is 0 Å². The molecular formula is C14H19ClN4O. The summed E-state index contributed by atoms with van der Waals surface area (Å²) in [5.74, 6) is 0.783. The zero-order valence-electron chi connectivity index (χ0n) is 12.4. The third-order valence-corrected chi connectivity index (χ3v) is 3.72. The van der Waals surface area contributed by atoms with E-state index in [4.69, 9.17) is 11.6 Å². The van der Waals surface area contributed by atoms with Crippen molar-refractivity contribution in [3.63, 3.8) is 0 Å². The summed E-state index contributed by atoms with van der Waals surface area (Å²) in [6.07, 6.45) is 0.462. The molecule has 0 spiro atoms. The number of anilines is 1. The maximum Gasteiger partial charge on any atom is 0.225 e. The zero-order valence-corrected chi connectivity index (χ0v) is 13.2. The van der Waals surface area contributed by atoms with E-state index >= 15 is 0 Å². The molecule has 0 bridgehead atoms. The second-order valence-corrected chi connectivity index (χ2v) is 5.83. The van der Waals surface area contributed by atoms with Crippen molar-refractivity contribution in [3.05, 3.63) is 16.3 Å². The third-order valence-electron chi connectivity index (χ3n) is 3.16. The van der Waals surface area contributed by atoms with Crippen LogP contribution in [0, 0.1) is 19.8 Å². The molecule has 0 saturated carbocycles. The Balaban J connectivity index is 2.50. The van der Waals surface area contributed by atoms with Gasteiger partial charge >= 0.3 is 0 Å². The van der Waals surface area contributed by atoms with Gasteiger partial charge in [-0.1, -0.05) is 25.4 Å². The smallest absolute Gasteiger partial charge is 0.225 e. The monoisotopic (exact) mass is 294 g/mol. The van der Waals surface area contributed by atoms with Crippen LogP contribution in [0.5, 0.6) is 0 Å². The molecule has 0 fully saturated rings. The number of hydrogen-bond donors (Lipinski definition) is 1. The molecule has 2 heterocycles.